The van der Waals surface area contributed by atoms with Gasteiger partial charge in [-0.2, -0.15) is 0 Å². The molecule has 2 heterocycles. The number of thioether (sulfide) groups is 1. The molecule has 3 rings (SSSR count). The summed E-state index contributed by atoms with van der Waals surface area (Å²) in [7, 11) is 1.59. The minimum absolute atomic E-state index is 0.169. The molecule has 0 bridgehead atoms. The second-order valence-electron chi connectivity index (χ2n) is 3.97. The maximum Gasteiger partial charge on any atom is 0.284 e. The molecule has 2 aromatic heterocycles. The fourth-order valence-corrected chi connectivity index (χ4v) is 2.20. The van der Waals surface area contributed by atoms with Crippen molar-refractivity contribution in [3.05, 3.63) is 48.4 Å². The molecular formula is C14H10N2O4S. The Hall–Kier alpha value is -2.54. The lowest BCUT2D eigenvalue weighted by molar-refractivity contribution is 0.106. The van der Waals surface area contributed by atoms with Gasteiger partial charge in [0.05, 0.1) is 13.4 Å². The van der Waals surface area contributed by atoms with Crippen LogP contribution in [0, 0.1) is 0 Å². The highest BCUT2D eigenvalue weighted by atomic mass is 32.2. The third-order valence-corrected chi connectivity index (χ3v) is 3.37. The summed E-state index contributed by atoms with van der Waals surface area (Å²) in [5.74, 6) is 1.32. The molecule has 0 spiro atoms. The molecule has 0 saturated heterocycles. The fraction of sp³-hybridized carbons (Fsp3) is 0.0714. The lowest BCUT2D eigenvalue weighted by atomic mass is 10.2. The smallest absolute Gasteiger partial charge is 0.284 e. The van der Waals surface area contributed by atoms with Crippen molar-refractivity contribution in [1.82, 2.24) is 10.2 Å². The predicted octanol–water partition coefficient (Wildman–Crippen LogP) is 3.27. The zero-order chi connectivity index (χ0) is 14.7. The zero-order valence-corrected chi connectivity index (χ0v) is 11.8. The normalized spacial score (nSPS) is 10.5. The molecular weight excluding hydrogens is 292 g/mol. The van der Waals surface area contributed by atoms with Gasteiger partial charge in [-0.3, -0.25) is 4.79 Å². The SMILES string of the molecule is COc1ccc(-c2nnc(SC(=O)c3ccco3)o2)cc1. The highest BCUT2D eigenvalue weighted by Gasteiger charge is 2.16. The second-order valence-corrected chi connectivity index (χ2v) is 4.89. The third kappa shape index (κ3) is 2.97. The van der Waals surface area contributed by atoms with Crippen molar-refractivity contribution in [3.8, 4) is 17.2 Å². The average Bonchev–Trinajstić information content (AvgIpc) is 3.19. The van der Waals surface area contributed by atoms with Crippen LogP contribution < -0.4 is 4.74 Å². The number of hydrogen-bond acceptors (Lipinski definition) is 7. The van der Waals surface area contributed by atoms with Crippen molar-refractivity contribution in [3.63, 3.8) is 0 Å². The van der Waals surface area contributed by atoms with E-state index in [1.807, 2.05) is 0 Å². The van der Waals surface area contributed by atoms with E-state index in [1.54, 1.807) is 43.5 Å². The van der Waals surface area contributed by atoms with Crippen LogP contribution in [-0.2, 0) is 0 Å². The van der Waals surface area contributed by atoms with Crippen molar-refractivity contribution < 1.29 is 18.4 Å². The topological polar surface area (TPSA) is 78.4 Å². The van der Waals surface area contributed by atoms with Crippen LogP contribution in [0.15, 0.2) is 56.7 Å². The number of benzene rings is 1. The van der Waals surface area contributed by atoms with Gasteiger partial charge in [0.15, 0.2) is 5.76 Å². The molecule has 0 aliphatic carbocycles. The first-order valence-electron chi connectivity index (χ1n) is 6.00. The number of ether oxygens (including phenoxy) is 1. The number of furan rings is 1. The number of aromatic nitrogens is 2. The molecule has 0 N–H and O–H groups in total. The van der Waals surface area contributed by atoms with Gasteiger partial charge in [0.2, 0.25) is 5.89 Å². The van der Waals surface area contributed by atoms with Crippen LogP contribution in [0.5, 0.6) is 5.75 Å². The molecule has 0 aliphatic heterocycles. The van der Waals surface area contributed by atoms with Crippen LogP contribution in [0.25, 0.3) is 11.5 Å². The van der Waals surface area contributed by atoms with Gasteiger partial charge in [-0.25, -0.2) is 0 Å². The van der Waals surface area contributed by atoms with Crippen LogP contribution in [0.2, 0.25) is 0 Å². The second kappa shape index (κ2) is 5.84. The standard InChI is InChI=1S/C14H10N2O4S/c1-18-10-6-4-9(5-7-10)12-15-16-14(20-12)21-13(17)11-3-2-8-19-11/h2-8H,1H3. The molecule has 3 aromatic rings. The number of nitrogens with zero attached hydrogens (tertiary/aromatic N) is 2. The summed E-state index contributed by atoms with van der Waals surface area (Å²) in [6, 6.07) is 10.4. The molecule has 7 heteroatoms. The maximum absolute atomic E-state index is 11.8. The summed E-state index contributed by atoms with van der Waals surface area (Å²) in [6.07, 6.45) is 1.43. The van der Waals surface area contributed by atoms with E-state index in [1.165, 1.54) is 6.26 Å². The maximum atomic E-state index is 11.8. The van der Waals surface area contributed by atoms with Gasteiger partial charge in [0.25, 0.3) is 10.3 Å². The molecule has 6 nitrogen and oxygen atoms in total. The number of hydrogen-bond donors (Lipinski definition) is 0. The highest BCUT2D eigenvalue weighted by Crippen LogP contribution is 2.26. The number of rotatable bonds is 4. The molecule has 0 fully saturated rings. The number of carbonyl (C=O) groups is 1. The molecule has 21 heavy (non-hydrogen) atoms. The molecule has 0 saturated carbocycles. The van der Waals surface area contributed by atoms with Gasteiger partial charge < -0.3 is 13.6 Å². The average molecular weight is 302 g/mol. The van der Waals surface area contributed by atoms with E-state index < -0.39 is 0 Å². The summed E-state index contributed by atoms with van der Waals surface area (Å²) >= 11 is 0.827. The van der Waals surface area contributed by atoms with E-state index in [0.717, 1.165) is 23.1 Å². The predicted molar refractivity (Wildman–Crippen MR) is 75.2 cm³/mol. The minimum Gasteiger partial charge on any atom is -0.497 e. The Labute approximate surface area is 124 Å². The van der Waals surface area contributed by atoms with Crippen LogP contribution in [0.3, 0.4) is 0 Å². The molecule has 0 unspecified atom stereocenters. The van der Waals surface area contributed by atoms with E-state index in [-0.39, 0.29) is 16.1 Å². The van der Waals surface area contributed by atoms with Crippen molar-refractivity contribution in [2.75, 3.05) is 7.11 Å². The zero-order valence-electron chi connectivity index (χ0n) is 11.0. The van der Waals surface area contributed by atoms with Crippen molar-refractivity contribution in [1.29, 1.82) is 0 Å². The van der Waals surface area contributed by atoms with E-state index in [4.69, 9.17) is 13.6 Å². The quantitative estimate of drug-likeness (QED) is 0.684. The summed E-state index contributed by atoms with van der Waals surface area (Å²) in [5, 5.41) is 7.63. The highest BCUT2D eigenvalue weighted by molar-refractivity contribution is 8.13. The summed E-state index contributed by atoms with van der Waals surface area (Å²) in [6.45, 7) is 0. The van der Waals surface area contributed by atoms with Crippen molar-refractivity contribution in [2.24, 2.45) is 0 Å². The third-order valence-electron chi connectivity index (χ3n) is 2.65. The molecule has 0 radical (unpaired) electrons. The van der Waals surface area contributed by atoms with Crippen molar-refractivity contribution >= 4 is 16.9 Å². The summed E-state index contributed by atoms with van der Waals surface area (Å²) in [4.78, 5) is 11.8. The first kappa shape index (κ1) is 13.4. The Balaban J connectivity index is 1.75. The van der Waals surface area contributed by atoms with E-state index in [0.29, 0.717) is 5.89 Å². The Bertz CT molecular complexity index is 735. The molecule has 0 amide bonds. The van der Waals surface area contributed by atoms with Gasteiger partial charge in [0, 0.05) is 17.3 Å². The number of carbonyl (C=O) groups excluding carboxylic acids is 1. The van der Waals surface area contributed by atoms with E-state index in [2.05, 4.69) is 10.2 Å². The van der Waals surface area contributed by atoms with Crippen molar-refractivity contribution in [2.45, 2.75) is 5.22 Å². The van der Waals surface area contributed by atoms with E-state index >= 15 is 0 Å². The van der Waals surface area contributed by atoms with Crippen LogP contribution in [-0.4, -0.2) is 22.4 Å². The molecule has 1 aromatic carbocycles. The fourth-order valence-electron chi connectivity index (χ4n) is 1.63. The first-order valence-corrected chi connectivity index (χ1v) is 6.81. The van der Waals surface area contributed by atoms with Gasteiger partial charge >= 0.3 is 0 Å². The Kier molecular flexibility index (Phi) is 3.74. The largest absolute Gasteiger partial charge is 0.497 e. The summed E-state index contributed by atoms with van der Waals surface area (Å²) < 4.78 is 15.5. The Morgan fingerprint density at radius 2 is 2.00 bits per heavy atom. The summed E-state index contributed by atoms with van der Waals surface area (Å²) in [5.41, 5.74) is 0.751. The molecule has 106 valence electrons. The first-order chi connectivity index (χ1) is 10.3. The lowest BCUT2D eigenvalue weighted by Crippen LogP contribution is -1.89. The van der Waals surface area contributed by atoms with Gasteiger partial charge in [-0.15, -0.1) is 10.2 Å². The van der Waals surface area contributed by atoms with Gasteiger partial charge in [0.1, 0.15) is 5.75 Å². The minimum atomic E-state index is -0.287. The van der Waals surface area contributed by atoms with Gasteiger partial charge in [-0.1, -0.05) is 0 Å². The van der Waals surface area contributed by atoms with E-state index in [9.17, 15) is 4.79 Å². The van der Waals surface area contributed by atoms with Crippen LogP contribution in [0.1, 0.15) is 10.6 Å². The Morgan fingerprint density at radius 3 is 2.67 bits per heavy atom. The van der Waals surface area contributed by atoms with Crippen LogP contribution in [0.4, 0.5) is 0 Å². The Morgan fingerprint density at radius 1 is 1.19 bits per heavy atom. The lowest BCUT2D eigenvalue weighted by Gasteiger charge is -1.99. The van der Waals surface area contributed by atoms with Gasteiger partial charge in [-0.05, 0) is 36.4 Å². The van der Waals surface area contributed by atoms with Crippen LogP contribution >= 0.6 is 11.8 Å². The molecule has 0 aliphatic rings. The monoisotopic (exact) mass is 302 g/mol. The number of methoxy groups -OCH3 is 1. The molecule has 0 atom stereocenters.